The van der Waals surface area contributed by atoms with Gasteiger partial charge >= 0.3 is 0 Å². The first kappa shape index (κ1) is 14.8. The Morgan fingerprint density at radius 2 is 1.90 bits per heavy atom. The Morgan fingerprint density at radius 3 is 2.52 bits per heavy atom. The molecule has 0 spiro atoms. The Labute approximate surface area is 125 Å². The van der Waals surface area contributed by atoms with Crippen LogP contribution in [-0.2, 0) is 0 Å². The van der Waals surface area contributed by atoms with Gasteiger partial charge in [0.1, 0.15) is 17.5 Å². The number of hydrogen-bond acceptors (Lipinski definition) is 5. The number of anilines is 3. The van der Waals surface area contributed by atoms with Crippen LogP contribution in [0.3, 0.4) is 0 Å². The summed E-state index contributed by atoms with van der Waals surface area (Å²) in [6.45, 7) is 6.08. The molecule has 0 aliphatic carbocycles. The lowest BCUT2D eigenvalue weighted by molar-refractivity contribution is 0.775. The molecule has 0 radical (unpaired) electrons. The van der Waals surface area contributed by atoms with Crippen molar-refractivity contribution in [2.45, 2.75) is 26.7 Å². The second kappa shape index (κ2) is 6.23. The maximum Gasteiger partial charge on any atom is 0.139 e. The average Bonchev–Trinajstić information content (AvgIpc) is 2.49. The minimum atomic E-state index is 0.240. The van der Waals surface area contributed by atoms with E-state index in [4.69, 9.17) is 5.26 Å². The number of benzene rings is 1. The van der Waals surface area contributed by atoms with Crippen molar-refractivity contribution in [3.05, 3.63) is 41.2 Å². The first-order chi connectivity index (χ1) is 10.0. The summed E-state index contributed by atoms with van der Waals surface area (Å²) in [4.78, 5) is 9.10. The van der Waals surface area contributed by atoms with E-state index in [1.54, 1.807) is 12.1 Å². The van der Waals surface area contributed by atoms with Crippen molar-refractivity contribution in [1.29, 1.82) is 5.26 Å². The molecule has 1 aromatic carbocycles. The summed E-state index contributed by atoms with van der Waals surface area (Å²) in [7, 11) is 1.85. The van der Waals surface area contributed by atoms with Crippen LogP contribution >= 0.6 is 0 Å². The molecule has 1 heterocycles. The molecular weight excluding hydrogens is 262 g/mol. The molecule has 0 saturated heterocycles. The molecule has 2 N–H and O–H groups in total. The summed E-state index contributed by atoms with van der Waals surface area (Å²) >= 11 is 0. The lowest BCUT2D eigenvalue weighted by Gasteiger charge is -2.15. The highest BCUT2D eigenvalue weighted by Crippen LogP contribution is 2.25. The summed E-state index contributed by atoms with van der Waals surface area (Å²) in [5, 5.41) is 15.3. The Balaban J connectivity index is 2.43. The molecule has 0 amide bonds. The predicted molar refractivity (Wildman–Crippen MR) is 84.8 cm³/mol. The molecule has 2 rings (SSSR count). The minimum Gasteiger partial charge on any atom is -0.373 e. The summed E-state index contributed by atoms with van der Waals surface area (Å²) < 4.78 is 0. The van der Waals surface area contributed by atoms with Gasteiger partial charge in [-0.05, 0) is 25.1 Å². The highest BCUT2D eigenvalue weighted by atomic mass is 15.1. The Morgan fingerprint density at radius 1 is 1.19 bits per heavy atom. The molecule has 0 saturated carbocycles. The standard InChI is InChI=1S/C16H19N5/c1-10(2)14-20-15(18-4)11(3)16(21-14)19-13-7-5-6-12(8-13)9-17/h5-8,10H,1-4H3,(H2,18,19,20,21). The van der Waals surface area contributed by atoms with Crippen molar-refractivity contribution >= 4 is 17.3 Å². The van der Waals surface area contributed by atoms with Gasteiger partial charge in [-0.2, -0.15) is 5.26 Å². The topological polar surface area (TPSA) is 73.6 Å². The van der Waals surface area contributed by atoms with E-state index in [0.29, 0.717) is 5.56 Å². The summed E-state index contributed by atoms with van der Waals surface area (Å²) in [5.41, 5.74) is 2.40. The molecule has 21 heavy (non-hydrogen) atoms. The van der Waals surface area contributed by atoms with Crippen LogP contribution in [0.1, 0.15) is 36.7 Å². The third-order valence-corrected chi connectivity index (χ3v) is 3.17. The fourth-order valence-corrected chi connectivity index (χ4v) is 1.96. The quantitative estimate of drug-likeness (QED) is 0.896. The molecule has 1 aromatic heterocycles. The summed E-state index contributed by atoms with van der Waals surface area (Å²) in [5.74, 6) is 2.59. The maximum atomic E-state index is 8.97. The van der Waals surface area contributed by atoms with Crippen LogP contribution in [0.5, 0.6) is 0 Å². The van der Waals surface area contributed by atoms with Crippen LogP contribution in [0.4, 0.5) is 17.3 Å². The monoisotopic (exact) mass is 281 g/mol. The number of rotatable bonds is 4. The highest BCUT2D eigenvalue weighted by molar-refractivity contribution is 5.65. The fourth-order valence-electron chi connectivity index (χ4n) is 1.96. The van der Waals surface area contributed by atoms with Crippen LogP contribution in [0.2, 0.25) is 0 Å². The van der Waals surface area contributed by atoms with Gasteiger partial charge < -0.3 is 10.6 Å². The van der Waals surface area contributed by atoms with Crippen LogP contribution < -0.4 is 10.6 Å². The molecular formula is C16H19N5. The summed E-state index contributed by atoms with van der Waals surface area (Å²) in [6, 6.07) is 9.47. The molecule has 0 aliphatic heterocycles. The molecule has 0 atom stereocenters. The van der Waals surface area contributed by atoms with Gasteiger partial charge in [0.05, 0.1) is 11.6 Å². The number of aromatic nitrogens is 2. The normalized spacial score (nSPS) is 10.3. The summed E-state index contributed by atoms with van der Waals surface area (Å²) in [6.07, 6.45) is 0. The minimum absolute atomic E-state index is 0.240. The Bertz CT molecular complexity index is 686. The van der Waals surface area contributed by atoms with E-state index in [0.717, 1.165) is 28.7 Å². The zero-order chi connectivity index (χ0) is 15.4. The van der Waals surface area contributed by atoms with Gasteiger partial charge in [0.15, 0.2) is 0 Å². The van der Waals surface area contributed by atoms with Gasteiger partial charge in [0, 0.05) is 24.2 Å². The number of nitriles is 1. The van der Waals surface area contributed by atoms with Gasteiger partial charge in [0.25, 0.3) is 0 Å². The van der Waals surface area contributed by atoms with Crippen molar-refractivity contribution in [2.75, 3.05) is 17.7 Å². The van der Waals surface area contributed by atoms with Gasteiger partial charge in [-0.25, -0.2) is 9.97 Å². The number of nitrogens with zero attached hydrogens (tertiary/aromatic N) is 3. The van der Waals surface area contributed by atoms with Crippen molar-refractivity contribution < 1.29 is 0 Å². The van der Waals surface area contributed by atoms with E-state index in [9.17, 15) is 0 Å². The first-order valence-electron chi connectivity index (χ1n) is 6.88. The molecule has 108 valence electrons. The van der Waals surface area contributed by atoms with Crippen LogP contribution in [0.25, 0.3) is 0 Å². The van der Waals surface area contributed by atoms with E-state index in [1.807, 2.05) is 26.1 Å². The fraction of sp³-hybridized carbons (Fsp3) is 0.312. The van der Waals surface area contributed by atoms with E-state index in [1.165, 1.54) is 0 Å². The van der Waals surface area contributed by atoms with Gasteiger partial charge in [-0.1, -0.05) is 19.9 Å². The molecule has 2 aromatic rings. The zero-order valence-electron chi connectivity index (χ0n) is 12.7. The predicted octanol–water partition coefficient (Wildman–Crippen LogP) is 3.57. The van der Waals surface area contributed by atoms with Crippen molar-refractivity contribution in [3.8, 4) is 6.07 Å². The molecule has 0 fully saturated rings. The third-order valence-electron chi connectivity index (χ3n) is 3.17. The second-order valence-electron chi connectivity index (χ2n) is 5.13. The molecule has 0 aliphatic rings. The van der Waals surface area contributed by atoms with Crippen molar-refractivity contribution in [3.63, 3.8) is 0 Å². The molecule has 5 heteroatoms. The van der Waals surface area contributed by atoms with Crippen LogP contribution in [-0.4, -0.2) is 17.0 Å². The SMILES string of the molecule is CNc1nc(C(C)C)nc(Nc2cccc(C#N)c2)c1C. The largest absolute Gasteiger partial charge is 0.373 e. The van der Waals surface area contributed by atoms with E-state index < -0.39 is 0 Å². The molecule has 0 unspecified atom stereocenters. The smallest absolute Gasteiger partial charge is 0.139 e. The van der Waals surface area contributed by atoms with Crippen LogP contribution in [0.15, 0.2) is 24.3 Å². The van der Waals surface area contributed by atoms with Crippen molar-refractivity contribution in [1.82, 2.24) is 9.97 Å². The van der Waals surface area contributed by atoms with Gasteiger partial charge in [-0.3, -0.25) is 0 Å². The van der Waals surface area contributed by atoms with E-state index >= 15 is 0 Å². The van der Waals surface area contributed by atoms with E-state index in [2.05, 4.69) is 40.5 Å². The zero-order valence-corrected chi connectivity index (χ0v) is 12.7. The Kier molecular flexibility index (Phi) is 4.39. The Hall–Kier alpha value is -2.61. The average molecular weight is 281 g/mol. The number of nitrogens with one attached hydrogen (secondary N) is 2. The number of hydrogen-bond donors (Lipinski definition) is 2. The second-order valence-corrected chi connectivity index (χ2v) is 5.13. The lowest BCUT2D eigenvalue weighted by Crippen LogP contribution is -2.08. The van der Waals surface area contributed by atoms with E-state index in [-0.39, 0.29) is 5.92 Å². The molecule has 5 nitrogen and oxygen atoms in total. The van der Waals surface area contributed by atoms with Gasteiger partial charge in [0.2, 0.25) is 0 Å². The van der Waals surface area contributed by atoms with Crippen LogP contribution in [0, 0.1) is 18.3 Å². The molecule has 0 bridgehead atoms. The first-order valence-corrected chi connectivity index (χ1v) is 6.88. The maximum absolute atomic E-state index is 8.97. The highest BCUT2D eigenvalue weighted by Gasteiger charge is 2.12. The lowest BCUT2D eigenvalue weighted by atomic mass is 10.2. The third kappa shape index (κ3) is 3.29. The van der Waals surface area contributed by atoms with Gasteiger partial charge in [-0.15, -0.1) is 0 Å². The van der Waals surface area contributed by atoms with Crippen molar-refractivity contribution in [2.24, 2.45) is 0 Å².